The third kappa shape index (κ3) is 3.76. The minimum Gasteiger partial charge on any atom is -0.444 e. The Morgan fingerprint density at radius 3 is 2.64 bits per heavy atom. The van der Waals surface area contributed by atoms with Crippen molar-refractivity contribution >= 4 is 17.7 Å². The van der Waals surface area contributed by atoms with Gasteiger partial charge in [-0.15, -0.1) is 0 Å². The fourth-order valence-corrected chi connectivity index (χ4v) is 2.17. The topological polar surface area (TPSA) is 73.6 Å². The number of amides is 2. The van der Waals surface area contributed by atoms with Crippen LogP contribution in [0.4, 0.5) is 10.5 Å². The van der Waals surface area contributed by atoms with Gasteiger partial charge in [0, 0.05) is 18.8 Å². The van der Waals surface area contributed by atoms with Crippen molar-refractivity contribution < 1.29 is 14.3 Å². The van der Waals surface area contributed by atoms with E-state index in [0.717, 1.165) is 0 Å². The van der Waals surface area contributed by atoms with Crippen LogP contribution in [0, 0.1) is 11.3 Å². The third-order valence-electron chi connectivity index (χ3n) is 3.16. The summed E-state index contributed by atoms with van der Waals surface area (Å²) < 4.78 is 5.28. The van der Waals surface area contributed by atoms with Crippen molar-refractivity contribution in [1.29, 1.82) is 5.26 Å². The molecule has 1 aliphatic heterocycles. The van der Waals surface area contributed by atoms with Gasteiger partial charge in [0.2, 0.25) is 5.91 Å². The molecule has 1 aromatic carbocycles. The lowest BCUT2D eigenvalue weighted by molar-refractivity contribution is -0.121. The predicted molar refractivity (Wildman–Crippen MR) is 81.3 cm³/mol. The van der Waals surface area contributed by atoms with E-state index in [4.69, 9.17) is 10.00 Å². The van der Waals surface area contributed by atoms with Gasteiger partial charge in [-0.3, -0.25) is 9.69 Å². The Kier molecular flexibility index (Phi) is 4.36. The summed E-state index contributed by atoms with van der Waals surface area (Å²) in [6, 6.07) is 8.92. The van der Waals surface area contributed by atoms with E-state index in [2.05, 4.69) is 6.07 Å². The summed E-state index contributed by atoms with van der Waals surface area (Å²) in [6.45, 7) is 6.12. The molecule has 6 nitrogen and oxygen atoms in total. The number of anilines is 1. The second-order valence-electron chi connectivity index (χ2n) is 6.11. The number of rotatable bonds is 1. The van der Waals surface area contributed by atoms with Crippen LogP contribution in [0.5, 0.6) is 0 Å². The molecule has 0 aliphatic carbocycles. The minimum atomic E-state index is -0.585. The largest absolute Gasteiger partial charge is 0.444 e. The van der Waals surface area contributed by atoms with Crippen LogP contribution < -0.4 is 4.90 Å². The summed E-state index contributed by atoms with van der Waals surface area (Å²) in [6.07, 6.45) is -0.480. The molecule has 1 aliphatic rings. The van der Waals surface area contributed by atoms with Gasteiger partial charge in [0.05, 0.1) is 11.6 Å². The van der Waals surface area contributed by atoms with Crippen molar-refractivity contribution in [1.82, 2.24) is 4.90 Å². The van der Waals surface area contributed by atoms with E-state index in [9.17, 15) is 9.59 Å². The number of ether oxygens (including phenoxy) is 1. The van der Waals surface area contributed by atoms with Crippen molar-refractivity contribution in [2.75, 3.05) is 24.5 Å². The van der Waals surface area contributed by atoms with Gasteiger partial charge in [-0.2, -0.15) is 5.26 Å². The Morgan fingerprint density at radius 2 is 2.05 bits per heavy atom. The average Bonchev–Trinajstić information content (AvgIpc) is 2.45. The molecule has 1 saturated heterocycles. The molecular formula is C16H19N3O3. The summed E-state index contributed by atoms with van der Waals surface area (Å²) in [4.78, 5) is 27.2. The number of hydrogen-bond donors (Lipinski definition) is 0. The molecule has 1 aromatic rings. The lowest BCUT2D eigenvalue weighted by atomic mass is 10.2. The van der Waals surface area contributed by atoms with Gasteiger partial charge >= 0.3 is 6.09 Å². The van der Waals surface area contributed by atoms with Crippen molar-refractivity contribution in [3.05, 3.63) is 29.8 Å². The van der Waals surface area contributed by atoms with Gasteiger partial charge in [0.15, 0.2) is 0 Å². The highest BCUT2D eigenvalue weighted by atomic mass is 16.6. The predicted octanol–water partition coefficient (Wildman–Crippen LogP) is 2.14. The van der Waals surface area contributed by atoms with Crippen molar-refractivity contribution in [2.45, 2.75) is 26.4 Å². The van der Waals surface area contributed by atoms with E-state index in [1.807, 2.05) is 0 Å². The second kappa shape index (κ2) is 6.06. The highest BCUT2D eigenvalue weighted by Gasteiger charge is 2.30. The molecule has 0 saturated carbocycles. The standard InChI is InChI=1S/C16H19N3O3/c1-16(2,3)22-15(21)18-7-8-19(14(20)11-18)13-6-4-5-12(9-13)10-17/h4-6,9H,7-8,11H2,1-3H3. The molecule has 0 radical (unpaired) electrons. The summed E-state index contributed by atoms with van der Waals surface area (Å²) in [7, 11) is 0. The third-order valence-corrected chi connectivity index (χ3v) is 3.16. The Morgan fingerprint density at radius 1 is 1.32 bits per heavy atom. The zero-order valence-electron chi connectivity index (χ0n) is 13.0. The zero-order chi connectivity index (χ0) is 16.3. The summed E-state index contributed by atoms with van der Waals surface area (Å²) >= 11 is 0. The molecule has 22 heavy (non-hydrogen) atoms. The Labute approximate surface area is 129 Å². The maximum atomic E-state index is 12.3. The fraction of sp³-hybridized carbons (Fsp3) is 0.438. The van der Waals surface area contributed by atoms with Crippen LogP contribution in [0.2, 0.25) is 0 Å². The molecule has 0 aromatic heterocycles. The van der Waals surface area contributed by atoms with Crippen LogP contribution in [0.1, 0.15) is 26.3 Å². The van der Waals surface area contributed by atoms with Gasteiger partial charge in [0.1, 0.15) is 12.1 Å². The number of piperazine rings is 1. The summed E-state index contributed by atoms with van der Waals surface area (Å²) in [5, 5.41) is 8.93. The molecule has 1 heterocycles. The SMILES string of the molecule is CC(C)(C)OC(=O)N1CCN(c2cccc(C#N)c2)C(=O)C1. The zero-order valence-corrected chi connectivity index (χ0v) is 13.0. The van der Waals surface area contributed by atoms with Crippen molar-refractivity contribution in [2.24, 2.45) is 0 Å². The molecule has 2 amide bonds. The van der Waals surface area contributed by atoms with Gasteiger partial charge in [-0.05, 0) is 39.0 Å². The Bertz CT molecular complexity index is 628. The van der Waals surface area contributed by atoms with Gasteiger partial charge in [0.25, 0.3) is 0 Å². The molecule has 0 bridgehead atoms. The maximum absolute atomic E-state index is 12.3. The summed E-state index contributed by atoms with van der Waals surface area (Å²) in [5.74, 6) is -0.188. The molecule has 0 unspecified atom stereocenters. The molecule has 1 fully saturated rings. The first kappa shape index (κ1) is 15.8. The van der Waals surface area contributed by atoms with Crippen LogP contribution in [-0.2, 0) is 9.53 Å². The van der Waals surface area contributed by atoms with Crippen LogP contribution in [0.3, 0.4) is 0 Å². The van der Waals surface area contributed by atoms with Crippen LogP contribution in [-0.4, -0.2) is 42.1 Å². The molecule has 2 rings (SSSR count). The van der Waals surface area contributed by atoms with E-state index in [-0.39, 0.29) is 12.5 Å². The number of hydrogen-bond acceptors (Lipinski definition) is 4. The highest BCUT2D eigenvalue weighted by Crippen LogP contribution is 2.19. The van der Waals surface area contributed by atoms with Crippen LogP contribution in [0.25, 0.3) is 0 Å². The van der Waals surface area contributed by atoms with E-state index < -0.39 is 11.7 Å². The normalized spacial score (nSPS) is 15.5. The van der Waals surface area contributed by atoms with Crippen LogP contribution in [0.15, 0.2) is 24.3 Å². The number of benzene rings is 1. The number of nitriles is 1. The monoisotopic (exact) mass is 301 g/mol. The lowest BCUT2D eigenvalue weighted by Crippen LogP contribution is -2.53. The molecule has 0 N–H and O–H groups in total. The smallest absolute Gasteiger partial charge is 0.410 e. The van der Waals surface area contributed by atoms with E-state index in [1.54, 1.807) is 49.9 Å². The van der Waals surface area contributed by atoms with Crippen molar-refractivity contribution in [3.63, 3.8) is 0 Å². The molecule has 0 atom stereocenters. The lowest BCUT2D eigenvalue weighted by Gasteiger charge is -2.35. The van der Waals surface area contributed by atoms with E-state index >= 15 is 0 Å². The van der Waals surface area contributed by atoms with Crippen LogP contribution >= 0.6 is 0 Å². The number of carbonyl (C=O) groups excluding carboxylic acids is 2. The van der Waals surface area contributed by atoms with Gasteiger partial charge in [-0.1, -0.05) is 6.07 Å². The average molecular weight is 301 g/mol. The van der Waals surface area contributed by atoms with E-state index in [1.165, 1.54) is 4.90 Å². The highest BCUT2D eigenvalue weighted by molar-refractivity contribution is 5.97. The first-order valence-corrected chi connectivity index (χ1v) is 7.08. The number of nitrogens with zero attached hydrogens (tertiary/aromatic N) is 3. The number of carbonyl (C=O) groups is 2. The van der Waals surface area contributed by atoms with Crippen molar-refractivity contribution in [3.8, 4) is 6.07 Å². The Hall–Kier alpha value is -2.55. The quantitative estimate of drug-likeness (QED) is 0.796. The maximum Gasteiger partial charge on any atom is 0.410 e. The fourth-order valence-electron chi connectivity index (χ4n) is 2.17. The molecule has 116 valence electrons. The van der Waals surface area contributed by atoms with E-state index in [0.29, 0.717) is 24.3 Å². The minimum absolute atomic E-state index is 0.0221. The summed E-state index contributed by atoms with van der Waals surface area (Å²) in [5.41, 5.74) is 0.589. The first-order chi connectivity index (χ1) is 10.3. The molecule has 6 heteroatoms. The Balaban J connectivity index is 2.06. The van der Waals surface area contributed by atoms with Gasteiger partial charge < -0.3 is 9.64 Å². The molecular weight excluding hydrogens is 282 g/mol. The van der Waals surface area contributed by atoms with Gasteiger partial charge in [-0.25, -0.2) is 4.79 Å². The second-order valence-corrected chi connectivity index (χ2v) is 6.11. The first-order valence-electron chi connectivity index (χ1n) is 7.08. The molecule has 0 spiro atoms.